The zero-order valence-electron chi connectivity index (χ0n) is 18.3. The largest absolute Gasteiger partial charge is 0.324 e. The first-order chi connectivity index (χ1) is 13.3. The van der Waals surface area contributed by atoms with Crippen molar-refractivity contribution in [1.82, 2.24) is 9.80 Å². The fourth-order valence-electron chi connectivity index (χ4n) is 4.53. The average Bonchev–Trinajstić information content (AvgIpc) is 2.66. The SMILES string of the molecule is CCC1CC(N(C(C)=N)C(=N)C(C)C)CC(C)N1CCC(N)c1ccccc1. The van der Waals surface area contributed by atoms with Crippen LogP contribution in [0.1, 0.15) is 71.9 Å². The molecule has 0 aromatic heterocycles. The fraction of sp³-hybridized carbons (Fsp3) is 0.652. The third-order valence-corrected chi connectivity index (χ3v) is 6.12. The van der Waals surface area contributed by atoms with Crippen molar-refractivity contribution in [2.75, 3.05) is 6.54 Å². The maximum Gasteiger partial charge on any atom is 0.104 e. The monoisotopic (exact) mass is 385 g/mol. The molecule has 28 heavy (non-hydrogen) atoms. The molecule has 156 valence electrons. The van der Waals surface area contributed by atoms with Crippen molar-refractivity contribution in [1.29, 1.82) is 10.8 Å². The summed E-state index contributed by atoms with van der Waals surface area (Å²) in [5.74, 6) is 1.20. The smallest absolute Gasteiger partial charge is 0.104 e. The first kappa shape index (κ1) is 22.6. The molecule has 5 heteroatoms. The summed E-state index contributed by atoms with van der Waals surface area (Å²) in [7, 11) is 0. The minimum Gasteiger partial charge on any atom is -0.324 e. The van der Waals surface area contributed by atoms with Crippen LogP contribution in [0.5, 0.6) is 0 Å². The van der Waals surface area contributed by atoms with E-state index in [2.05, 4.69) is 43.0 Å². The minimum absolute atomic E-state index is 0.0677. The number of hydrogen-bond donors (Lipinski definition) is 3. The Morgan fingerprint density at radius 2 is 1.86 bits per heavy atom. The van der Waals surface area contributed by atoms with Crippen molar-refractivity contribution in [3.8, 4) is 0 Å². The molecule has 1 saturated heterocycles. The van der Waals surface area contributed by atoms with Gasteiger partial charge in [0.05, 0.1) is 5.84 Å². The Kier molecular flexibility index (Phi) is 8.20. The summed E-state index contributed by atoms with van der Waals surface area (Å²) in [6, 6.07) is 11.6. The van der Waals surface area contributed by atoms with Crippen molar-refractivity contribution < 1.29 is 0 Å². The van der Waals surface area contributed by atoms with E-state index < -0.39 is 0 Å². The first-order valence-corrected chi connectivity index (χ1v) is 10.7. The van der Waals surface area contributed by atoms with Crippen LogP contribution in [0.3, 0.4) is 0 Å². The lowest BCUT2D eigenvalue weighted by Gasteiger charge is -2.48. The number of amidine groups is 2. The van der Waals surface area contributed by atoms with Gasteiger partial charge in [0.25, 0.3) is 0 Å². The molecule has 0 spiro atoms. The van der Waals surface area contributed by atoms with Gasteiger partial charge in [0, 0.05) is 36.6 Å². The topological polar surface area (TPSA) is 80.2 Å². The van der Waals surface area contributed by atoms with E-state index in [1.54, 1.807) is 0 Å². The molecule has 1 aliphatic heterocycles. The van der Waals surface area contributed by atoms with Gasteiger partial charge in [0.15, 0.2) is 0 Å². The second-order valence-corrected chi connectivity index (χ2v) is 8.58. The molecule has 4 unspecified atom stereocenters. The number of hydrogen-bond acceptors (Lipinski definition) is 4. The Morgan fingerprint density at radius 1 is 1.21 bits per heavy atom. The van der Waals surface area contributed by atoms with E-state index in [-0.39, 0.29) is 18.0 Å². The molecule has 1 heterocycles. The van der Waals surface area contributed by atoms with E-state index in [1.165, 1.54) is 5.56 Å². The molecular formula is C23H39N5. The van der Waals surface area contributed by atoms with Crippen LogP contribution in [0.2, 0.25) is 0 Å². The van der Waals surface area contributed by atoms with Crippen molar-refractivity contribution in [3.05, 3.63) is 35.9 Å². The summed E-state index contributed by atoms with van der Waals surface area (Å²) in [5.41, 5.74) is 7.64. The fourth-order valence-corrected chi connectivity index (χ4v) is 4.53. The van der Waals surface area contributed by atoms with E-state index in [4.69, 9.17) is 16.6 Å². The van der Waals surface area contributed by atoms with E-state index in [9.17, 15) is 0 Å². The highest BCUT2D eigenvalue weighted by Gasteiger charge is 2.37. The second-order valence-electron chi connectivity index (χ2n) is 8.58. The maximum absolute atomic E-state index is 8.49. The summed E-state index contributed by atoms with van der Waals surface area (Å²) in [6.45, 7) is 11.4. The molecule has 0 radical (unpaired) electrons. The third kappa shape index (κ3) is 5.42. The highest BCUT2D eigenvalue weighted by molar-refractivity contribution is 5.98. The molecule has 4 N–H and O–H groups in total. The second kappa shape index (κ2) is 10.2. The summed E-state index contributed by atoms with van der Waals surface area (Å²) in [6.07, 6.45) is 4.03. The lowest BCUT2D eigenvalue weighted by molar-refractivity contribution is 0.0559. The van der Waals surface area contributed by atoms with Gasteiger partial charge < -0.3 is 10.6 Å². The number of benzene rings is 1. The van der Waals surface area contributed by atoms with Gasteiger partial charge >= 0.3 is 0 Å². The van der Waals surface area contributed by atoms with Gasteiger partial charge in [-0.3, -0.25) is 15.7 Å². The molecule has 1 aliphatic rings. The van der Waals surface area contributed by atoms with E-state index in [0.717, 1.165) is 32.2 Å². The summed E-state index contributed by atoms with van der Waals surface area (Å²) in [5, 5.41) is 16.7. The number of rotatable bonds is 7. The van der Waals surface area contributed by atoms with Gasteiger partial charge in [-0.25, -0.2) is 0 Å². The molecule has 2 rings (SSSR count). The van der Waals surface area contributed by atoms with Crippen LogP contribution in [0.25, 0.3) is 0 Å². The molecule has 0 saturated carbocycles. The van der Waals surface area contributed by atoms with Crippen LogP contribution in [0.15, 0.2) is 30.3 Å². The summed E-state index contributed by atoms with van der Waals surface area (Å²) in [4.78, 5) is 4.58. The zero-order valence-corrected chi connectivity index (χ0v) is 18.3. The lowest BCUT2D eigenvalue weighted by atomic mass is 9.88. The van der Waals surface area contributed by atoms with Crippen LogP contribution in [0.4, 0.5) is 0 Å². The van der Waals surface area contributed by atoms with Gasteiger partial charge in [-0.15, -0.1) is 0 Å². The molecular weight excluding hydrogens is 346 g/mol. The Labute approximate surface area is 171 Å². The van der Waals surface area contributed by atoms with Gasteiger partial charge in [0.1, 0.15) is 5.84 Å². The standard InChI is InChI=1S/C23H39N5/c1-6-20-15-21(28(18(5)24)23(26)16(2)3)14-17(4)27(20)13-12-22(25)19-10-8-7-9-11-19/h7-11,16-17,20-22,24,26H,6,12-15,25H2,1-5H3. The molecule has 4 atom stereocenters. The van der Waals surface area contributed by atoms with Crippen molar-refractivity contribution in [3.63, 3.8) is 0 Å². The highest BCUT2D eigenvalue weighted by Crippen LogP contribution is 2.30. The van der Waals surface area contributed by atoms with Crippen LogP contribution < -0.4 is 5.73 Å². The highest BCUT2D eigenvalue weighted by atomic mass is 15.3. The molecule has 1 fully saturated rings. The third-order valence-electron chi connectivity index (χ3n) is 6.12. The van der Waals surface area contributed by atoms with Gasteiger partial charge in [-0.1, -0.05) is 51.1 Å². The number of nitrogens with zero attached hydrogens (tertiary/aromatic N) is 2. The number of nitrogens with one attached hydrogen (secondary N) is 2. The first-order valence-electron chi connectivity index (χ1n) is 10.7. The molecule has 1 aromatic rings. The van der Waals surface area contributed by atoms with Crippen molar-refractivity contribution >= 4 is 11.7 Å². The van der Waals surface area contributed by atoms with Crippen molar-refractivity contribution in [2.45, 2.75) is 84.5 Å². The molecule has 1 aromatic carbocycles. The number of nitrogens with two attached hydrogens (primary N) is 1. The Balaban J connectivity index is 2.06. The normalized spacial score (nSPS) is 24.2. The summed E-state index contributed by atoms with van der Waals surface area (Å²) < 4.78 is 0. The van der Waals surface area contributed by atoms with Gasteiger partial charge in [-0.2, -0.15) is 0 Å². The van der Waals surface area contributed by atoms with E-state index in [1.807, 2.05) is 31.7 Å². The number of likely N-dealkylation sites (tertiary alicyclic amines) is 1. The predicted octanol–water partition coefficient (Wildman–Crippen LogP) is 4.64. The van der Waals surface area contributed by atoms with E-state index in [0.29, 0.717) is 23.8 Å². The predicted molar refractivity (Wildman–Crippen MR) is 119 cm³/mol. The van der Waals surface area contributed by atoms with Gasteiger partial charge in [-0.05, 0) is 45.1 Å². The van der Waals surface area contributed by atoms with Crippen LogP contribution >= 0.6 is 0 Å². The minimum atomic E-state index is 0.0677. The quantitative estimate of drug-likeness (QED) is 0.472. The number of piperidine rings is 1. The van der Waals surface area contributed by atoms with Crippen LogP contribution in [-0.2, 0) is 0 Å². The Hall–Kier alpha value is -1.72. The summed E-state index contributed by atoms with van der Waals surface area (Å²) >= 11 is 0. The van der Waals surface area contributed by atoms with Crippen molar-refractivity contribution in [2.24, 2.45) is 11.7 Å². The van der Waals surface area contributed by atoms with E-state index >= 15 is 0 Å². The lowest BCUT2D eigenvalue weighted by Crippen LogP contribution is -2.56. The van der Waals surface area contributed by atoms with Crippen LogP contribution in [0, 0.1) is 16.7 Å². The van der Waals surface area contributed by atoms with Gasteiger partial charge in [0.2, 0.25) is 0 Å². The molecule has 0 amide bonds. The van der Waals surface area contributed by atoms with Crippen LogP contribution in [-0.4, -0.2) is 46.1 Å². The Morgan fingerprint density at radius 3 is 2.39 bits per heavy atom. The zero-order chi connectivity index (χ0) is 20.8. The molecule has 5 nitrogen and oxygen atoms in total. The maximum atomic E-state index is 8.49. The average molecular weight is 386 g/mol. The Bertz CT molecular complexity index is 642. The molecule has 0 aliphatic carbocycles. The molecule has 0 bridgehead atoms.